The molecule has 6 atom stereocenters. The second kappa shape index (κ2) is 57.8. The largest absolute Gasteiger partial charge is 0.472 e. The fourth-order valence-corrected chi connectivity index (χ4v) is 11.1. The highest BCUT2D eigenvalue weighted by Crippen LogP contribution is 2.45. The van der Waals surface area contributed by atoms with Gasteiger partial charge in [-0.2, -0.15) is 0 Å². The Hall–Kier alpha value is -1.94. The summed E-state index contributed by atoms with van der Waals surface area (Å²) in [5.41, 5.74) is 0. The molecule has 0 aromatic heterocycles. The molecule has 0 saturated carbocycles. The molecule has 0 amide bonds. The van der Waals surface area contributed by atoms with E-state index < -0.39 is 97.5 Å². The zero-order chi connectivity index (χ0) is 61.3. The topological polar surface area (TPSA) is 237 Å². The van der Waals surface area contributed by atoms with Crippen LogP contribution in [0.5, 0.6) is 0 Å². The molecule has 0 spiro atoms. The van der Waals surface area contributed by atoms with Gasteiger partial charge in [0.1, 0.15) is 19.3 Å². The highest BCUT2D eigenvalue weighted by molar-refractivity contribution is 7.47. The standard InChI is InChI=1S/C64H124O17P2/c1-6-10-13-16-18-20-22-23-24-25-30-33-38-43-48-62(67)75-54-60(81-64(69)50-45-40-35-31-27-26-28-32-37-41-46-57(5)9-4)56-79-83(72,73)77-52-58(65)51-76-82(70,71)78-55-59(53-74-61(66)47-42-36-15-12-8-3)80-63(68)49-44-39-34-29-21-19-17-14-11-7-2/h57-60,65H,6-56H2,1-5H3,(H,70,71)(H,72,73)/t57?,58-,59+,60+/m0/s1. The van der Waals surface area contributed by atoms with Crippen LogP contribution in [0.25, 0.3) is 0 Å². The predicted octanol–water partition coefficient (Wildman–Crippen LogP) is 17.8. The summed E-state index contributed by atoms with van der Waals surface area (Å²) in [6.45, 7) is 7.13. The van der Waals surface area contributed by atoms with Crippen LogP contribution in [0.1, 0.15) is 324 Å². The molecule has 0 saturated heterocycles. The lowest BCUT2D eigenvalue weighted by Crippen LogP contribution is -2.30. The fourth-order valence-electron chi connectivity index (χ4n) is 9.55. The third-order valence-electron chi connectivity index (χ3n) is 15.1. The van der Waals surface area contributed by atoms with Crippen molar-refractivity contribution in [3.8, 4) is 0 Å². The third-order valence-corrected chi connectivity index (χ3v) is 17.0. The number of unbranched alkanes of at least 4 members (excludes halogenated alkanes) is 35. The molecule has 83 heavy (non-hydrogen) atoms. The van der Waals surface area contributed by atoms with Crippen molar-refractivity contribution in [2.45, 2.75) is 342 Å². The number of carbonyl (C=O) groups excluding carboxylic acids is 4. The van der Waals surface area contributed by atoms with Crippen LogP contribution >= 0.6 is 15.6 Å². The van der Waals surface area contributed by atoms with Gasteiger partial charge < -0.3 is 33.8 Å². The van der Waals surface area contributed by atoms with E-state index in [1.54, 1.807) is 0 Å². The van der Waals surface area contributed by atoms with E-state index >= 15 is 0 Å². The van der Waals surface area contributed by atoms with E-state index in [0.29, 0.717) is 25.7 Å². The number of rotatable bonds is 64. The van der Waals surface area contributed by atoms with Crippen molar-refractivity contribution < 1.29 is 80.2 Å². The number of aliphatic hydroxyl groups excluding tert-OH is 1. The van der Waals surface area contributed by atoms with Crippen LogP contribution in [0.2, 0.25) is 0 Å². The molecule has 3 N–H and O–H groups in total. The molecule has 19 heteroatoms. The number of aliphatic hydroxyl groups is 1. The first-order valence-electron chi connectivity index (χ1n) is 33.7. The van der Waals surface area contributed by atoms with Gasteiger partial charge in [-0.15, -0.1) is 0 Å². The summed E-state index contributed by atoms with van der Waals surface area (Å²) in [7, 11) is -9.88. The number of esters is 4. The van der Waals surface area contributed by atoms with Gasteiger partial charge >= 0.3 is 39.5 Å². The van der Waals surface area contributed by atoms with Crippen LogP contribution in [-0.4, -0.2) is 96.7 Å². The quantitative estimate of drug-likeness (QED) is 0.0222. The minimum atomic E-state index is -4.94. The van der Waals surface area contributed by atoms with Crippen molar-refractivity contribution in [3.63, 3.8) is 0 Å². The van der Waals surface area contributed by atoms with Gasteiger partial charge in [-0.05, 0) is 31.6 Å². The average Bonchev–Trinajstić information content (AvgIpc) is 3.46. The summed E-state index contributed by atoms with van der Waals surface area (Å²) >= 11 is 0. The van der Waals surface area contributed by atoms with E-state index in [9.17, 15) is 43.2 Å². The van der Waals surface area contributed by atoms with Crippen LogP contribution in [0.3, 0.4) is 0 Å². The second-order valence-electron chi connectivity index (χ2n) is 23.4. The first kappa shape index (κ1) is 81.1. The highest BCUT2D eigenvalue weighted by Gasteiger charge is 2.30. The first-order chi connectivity index (χ1) is 40.1. The Morgan fingerprint density at radius 2 is 0.578 bits per heavy atom. The Kier molecular flexibility index (Phi) is 56.4. The van der Waals surface area contributed by atoms with E-state index in [0.717, 1.165) is 102 Å². The van der Waals surface area contributed by atoms with Crippen LogP contribution in [0.4, 0.5) is 0 Å². The Morgan fingerprint density at radius 1 is 0.337 bits per heavy atom. The zero-order valence-corrected chi connectivity index (χ0v) is 55.1. The van der Waals surface area contributed by atoms with Crippen molar-refractivity contribution in [1.29, 1.82) is 0 Å². The molecule has 0 heterocycles. The predicted molar refractivity (Wildman–Crippen MR) is 331 cm³/mol. The minimum Gasteiger partial charge on any atom is -0.462 e. The van der Waals surface area contributed by atoms with Crippen LogP contribution in [0, 0.1) is 5.92 Å². The summed E-state index contributed by atoms with van der Waals surface area (Å²) in [5, 5.41) is 10.5. The lowest BCUT2D eigenvalue weighted by molar-refractivity contribution is -0.161. The maximum atomic E-state index is 13.0. The van der Waals surface area contributed by atoms with Crippen LogP contribution in [-0.2, 0) is 65.4 Å². The minimum absolute atomic E-state index is 0.106. The Labute approximate surface area is 505 Å². The molecule has 0 aromatic rings. The molecule has 0 radical (unpaired) electrons. The zero-order valence-electron chi connectivity index (χ0n) is 53.3. The van der Waals surface area contributed by atoms with Crippen molar-refractivity contribution in [2.75, 3.05) is 39.6 Å². The molecule has 0 aliphatic rings. The van der Waals surface area contributed by atoms with E-state index in [2.05, 4.69) is 34.6 Å². The molecular weight excluding hydrogens is 1100 g/mol. The van der Waals surface area contributed by atoms with Crippen molar-refractivity contribution in [1.82, 2.24) is 0 Å². The van der Waals surface area contributed by atoms with Crippen LogP contribution < -0.4 is 0 Å². The summed E-state index contributed by atoms with van der Waals surface area (Å²) in [4.78, 5) is 72.0. The van der Waals surface area contributed by atoms with E-state index in [1.165, 1.54) is 141 Å². The van der Waals surface area contributed by atoms with Gasteiger partial charge in [0.25, 0.3) is 0 Å². The summed E-state index contributed by atoms with van der Waals surface area (Å²) in [6.07, 6.45) is 41.9. The molecule has 0 aliphatic carbocycles. The molecule has 0 bridgehead atoms. The van der Waals surface area contributed by atoms with Gasteiger partial charge in [-0.25, -0.2) is 9.13 Å². The summed E-state index contributed by atoms with van der Waals surface area (Å²) in [6, 6.07) is 0. The number of hydrogen-bond donors (Lipinski definition) is 3. The average molecular weight is 1230 g/mol. The van der Waals surface area contributed by atoms with Gasteiger partial charge in [-0.1, -0.05) is 272 Å². The normalized spacial score (nSPS) is 14.6. The first-order valence-corrected chi connectivity index (χ1v) is 36.7. The van der Waals surface area contributed by atoms with Crippen LogP contribution in [0.15, 0.2) is 0 Å². The smallest absolute Gasteiger partial charge is 0.462 e. The third kappa shape index (κ3) is 57.6. The van der Waals surface area contributed by atoms with Crippen molar-refractivity contribution in [3.05, 3.63) is 0 Å². The maximum Gasteiger partial charge on any atom is 0.472 e. The summed E-state index contributed by atoms with van der Waals surface area (Å²) < 4.78 is 67.8. The maximum absolute atomic E-state index is 13.0. The molecule has 0 fully saturated rings. The van der Waals surface area contributed by atoms with Gasteiger partial charge in [0.05, 0.1) is 26.4 Å². The van der Waals surface area contributed by atoms with Gasteiger partial charge in [-0.3, -0.25) is 37.3 Å². The van der Waals surface area contributed by atoms with Gasteiger partial charge in [0.15, 0.2) is 12.2 Å². The number of hydrogen-bond acceptors (Lipinski definition) is 15. The molecule has 17 nitrogen and oxygen atoms in total. The van der Waals surface area contributed by atoms with Gasteiger partial charge in [0.2, 0.25) is 0 Å². The molecular formula is C64H124O17P2. The van der Waals surface area contributed by atoms with E-state index in [4.69, 9.17) is 37.0 Å². The molecule has 3 unspecified atom stereocenters. The number of ether oxygens (including phenoxy) is 4. The molecule has 492 valence electrons. The summed E-state index contributed by atoms with van der Waals surface area (Å²) in [5.74, 6) is -1.34. The van der Waals surface area contributed by atoms with Crippen molar-refractivity contribution in [2.24, 2.45) is 5.92 Å². The lowest BCUT2D eigenvalue weighted by Gasteiger charge is -2.21. The Balaban J connectivity index is 5.18. The van der Waals surface area contributed by atoms with E-state index in [1.807, 2.05) is 0 Å². The number of phosphoric acid groups is 2. The Morgan fingerprint density at radius 3 is 0.855 bits per heavy atom. The highest BCUT2D eigenvalue weighted by atomic mass is 31.2. The molecule has 0 aliphatic heterocycles. The van der Waals surface area contributed by atoms with Crippen molar-refractivity contribution >= 4 is 39.5 Å². The van der Waals surface area contributed by atoms with E-state index in [-0.39, 0.29) is 25.7 Å². The second-order valence-corrected chi connectivity index (χ2v) is 26.3. The number of carbonyl (C=O) groups is 4. The molecule has 0 rings (SSSR count). The monoisotopic (exact) mass is 1230 g/mol. The molecule has 0 aromatic carbocycles. The fraction of sp³-hybridized carbons (Fsp3) is 0.938. The SMILES string of the molecule is CCCCCCCCCCCCCCCCC(=O)OC[C@H](COP(=O)(O)OC[C@@H](O)COP(=O)(O)OC[C@@H](COC(=O)CCCCCCC)OC(=O)CCCCCCCCCCCC)OC(=O)CCCCCCCCCCCCC(C)CC. The Bertz CT molecular complexity index is 1620. The number of phosphoric ester groups is 2. The van der Waals surface area contributed by atoms with Gasteiger partial charge in [0, 0.05) is 25.7 Å². The lowest BCUT2D eigenvalue weighted by atomic mass is 9.99.